The summed E-state index contributed by atoms with van der Waals surface area (Å²) in [6, 6.07) is 8.68. The number of alkyl halides is 3. The van der Waals surface area contributed by atoms with Crippen LogP contribution in [0.3, 0.4) is 0 Å². The second kappa shape index (κ2) is 9.21. The van der Waals surface area contributed by atoms with E-state index < -0.39 is 12.0 Å². The van der Waals surface area contributed by atoms with Crippen molar-refractivity contribution in [2.45, 2.75) is 12.6 Å². The number of rotatable bonds is 6. The second-order valence-electron chi connectivity index (χ2n) is 7.71. The number of fused-ring (bicyclic) bond motifs is 1. The minimum atomic E-state index is -4.59. The van der Waals surface area contributed by atoms with Crippen LogP contribution in [0, 0.1) is 0 Å². The summed E-state index contributed by atoms with van der Waals surface area (Å²) >= 11 is 0. The average molecular weight is 470 g/mol. The van der Waals surface area contributed by atoms with Crippen molar-refractivity contribution in [1.82, 2.24) is 29.9 Å². The number of pyridine rings is 1. The van der Waals surface area contributed by atoms with Gasteiger partial charge in [0.15, 0.2) is 5.82 Å². The maximum atomic E-state index is 13.2. The lowest BCUT2D eigenvalue weighted by molar-refractivity contribution is -0.144. The number of nitrogens with zero attached hydrogens (tertiary/aromatic N) is 6. The van der Waals surface area contributed by atoms with E-state index >= 15 is 0 Å². The Labute approximate surface area is 192 Å². The Hall–Kier alpha value is -3.80. The average Bonchev–Trinajstić information content (AvgIpc) is 3.31. The van der Waals surface area contributed by atoms with Crippen LogP contribution in [0.1, 0.15) is 11.4 Å². The molecule has 0 amide bonds. The Morgan fingerprint density at radius 3 is 2.65 bits per heavy atom. The second-order valence-corrected chi connectivity index (χ2v) is 7.71. The van der Waals surface area contributed by atoms with Crippen molar-refractivity contribution < 1.29 is 17.9 Å². The highest BCUT2D eigenvalue weighted by Gasteiger charge is 2.35. The van der Waals surface area contributed by atoms with Gasteiger partial charge in [0.05, 0.1) is 24.2 Å². The number of para-hydroxylation sites is 1. The third-order valence-corrected chi connectivity index (χ3v) is 5.36. The molecule has 3 aromatic heterocycles. The summed E-state index contributed by atoms with van der Waals surface area (Å²) in [7, 11) is 0. The fraction of sp³-hybridized carbons (Fsp3) is 0.318. The molecule has 9 nitrogen and oxygen atoms in total. The molecule has 1 saturated heterocycles. The van der Waals surface area contributed by atoms with Crippen molar-refractivity contribution in [2.75, 3.05) is 43.1 Å². The number of imidazole rings is 1. The fourth-order valence-corrected chi connectivity index (χ4v) is 3.68. The van der Waals surface area contributed by atoms with Crippen molar-refractivity contribution in [1.29, 1.82) is 0 Å². The van der Waals surface area contributed by atoms with Crippen molar-refractivity contribution in [3.8, 4) is 11.4 Å². The first kappa shape index (κ1) is 22.0. The standard InChI is InChI=1S/C22H21F3N8O/c23-22(24,25)19-28-16-5-1-4-15(17(16)29-19)18-30-20(27-8-6-14-3-2-7-26-13-14)32-21(31-18)33-9-11-34-12-10-33/h1-5,7,13H,6,8-12H2,(H,28,29)(H,27,30,31,32). The van der Waals surface area contributed by atoms with Crippen LogP contribution in [-0.2, 0) is 17.3 Å². The highest BCUT2D eigenvalue weighted by molar-refractivity contribution is 5.90. The number of ether oxygens (including phenoxy) is 1. The molecule has 1 fully saturated rings. The molecule has 1 aromatic carbocycles. The van der Waals surface area contributed by atoms with Crippen LogP contribution in [0.25, 0.3) is 22.4 Å². The summed E-state index contributed by atoms with van der Waals surface area (Å²) < 4.78 is 45.1. The molecule has 0 radical (unpaired) electrons. The predicted octanol–water partition coefficient (Wildman–Crippen LogP) is 3.32. The van der Waals surface area contributed by atoms with E-state index in [-0.39, 0.29) is 16.9 Å². The quantitative estimate of drug-likeness (QED) is 0.442. The van der Waals surface area contributed by atoms with Crippen LogP contribution in [-0.4, -0.2) is 62.8 Å². The van der Waals surface area contributed by atoms with E-state index in [0.29, 0.717) is 56.7 Å². The molecule has 0 unspecified atom stereocenters. The lowest BCUT2D eigenvalue weighted by atomic mass is 10.1. The highest BCUT2D eigenvalue weighted by Crippen LogP contribution is 2.32. The van der Waals surface area contributed by atoms with Gasteiger partial charge in [-0.2, -0.15) is 28.1 Å². The number of hydrogen-bond donors (Lipinski definition) is 2. The topological polar surface area (TPSA) is 105 Å². The van der Waals surface area contributed by atoms with Crippen LogP contribution in [0.5, 0.6) is 0 Å². The maximum Gasteiger partial charge on any atom is 0.449 e. The van der Waals surface area contributed by atoms with E-state index in [9.17, 15) is 13.2 Å². The number of morpholine rings is 1. The summed E-state index contributed by atoms with van der Waals surface area (Å²) in [5.41, 5.74) is 1.84. The third-order valence-electron chi connectivity index (χ3n) is 5.36. The molecule has 1 aliphatic rings. The molecule has 0 saturated carbocycles. The number of hydrogen-bond acceptors (Lipinski definition) is 8. The molecule has 0 spiro atoms. The molecule has 4 aromatic rings. The maximum absolute atomic E-state index is 13.2. The van der Waals surface area contributed by atoms with E-state index in [2.05, 4.69) is 35.2 Å². The van der Waals surface area contributed by atoms with E-state index in [0.717, 1.165) is 5.56 Å². The Bertz CT molecular complexity index is 1270. The molecule has 34 heavy (non-hydrogen) atoms. The summed E-state index contributed by atoms with van der Waals surface area (Å²) in [5.74, 6) is -0.0573. The number of H-pyrrole nitrogens is 1. The van der Waals surface area contributed by atoms with E-state index in [4.69, 9.17) is 4.74 Å². The zero-order chi connectivity index (χ0) is 23.5. The van der Waals surface area contributed by atoms with Gasteiger partial charge in [-0.1, -0.05) is 12.1 Å². The fourth-order valence-electron chi connectivity index (χ4n) is 3.68. The summed E-state index contributed by atoms with van der Waals surface area (Å²) in [6.07, 6.45) is -0.390. The van der Waals surface area contributed by atoms with Crippen molar-refractivity contribution >= 4 is 22.9 Å². The predicted molar refractivity (Wildman–Crippen MR) is 119 cm³/mol. The first-order valence-electron chi connectivity index (χ1n) is 10.8. The van der Waals surface area contributed by atoms with Gasteiger partial charge in [0.1, 0.15) is 0 Å². The van der Waals surface area contributed by atoms with Gasteiger partial charge in [-0.3, -0.25) is 4.98 Å². The number of aromatic nitrogens is 6. The number of benzene rings is 1. The molecule has 176 valence electrons. The molecule has 2 N–H and O–H groups in total. The summed E-state index contributed by atoms with van der Waals surface area (Å²) in [4.78, 5) is 25.8. The molecule has 4 heterocycles. The van der Waals surface area contributed by atoms with Gasteiger partial charge in [-0.25, -0.2) is 4.98 Å². The Morgan fingerprint density at radius 1 is 1.03 bits per heavy atom. The van der Waals surface area contributed by atoms with Crippen molar-refractivity contribution in [3.05, 3.63) is 54.1 Å². The molecule has 12 heteroatoms. The molecule has 0 aliphatic carbocycles. The van der Waals surface area contributed by atoms with Crippen LogP contribution in [0.2, 0.25) is 0 Å². The van der Waals surface area contributed by atoms with E-state index in [1.54, 1.807) is 24.5 Å². The molecule has 0 atom stereocenters. The number of halogens is 3. The van der Waals surface area contributed by atoms with Gasteiger partial charge in [-0.15, -0.1) is 0 Å². The molecule has 1 aliphatic heterocycles. The lowest BCUT2D eigenvalue weighted by Gasteiger charge is -2.27. The van der Waals surface area contributed by atoms with Gasteiger partial charge < -0.3 is 19.9 Å². The van der Waals surface area contributed by atoms with E-state index in [1.807, 2.05) is 17.0 Å². The molecular weight excluding hydrogens is 449 g/mol. The van der Waals surface area contributed by atoms with E-state index in [1.165, 1.54) is 6.07 Å². The number of anilines is 2. The molecular formula is C22H21F3N8O. The molecule has 0 bridgehead atoms. The SMILES string of the molecule is FC(F)(F)c1nc2c(-c3nc(NCCc4cccnc4)nc(N4CCOCC4)n3)cccc2[nH]1. The summed E-state index contributed by atoms with van der Waals surface area (Å²) in [6.45, 7) is 2.82. The van der Waals surface area contributed by atoms with Gasteiger partial charge in [0, 0.05) is 37.6 Å². The zero-order valence-electron chi connectivity index (χ0n) is 18.0. The van der Waals surface area contributed by atoms with Gasteiger partial charge >= 0.3 is 6.18 Å². The van der Waals surface area contributed by atoms with Crippen molar-refractivity contribution in [3.63, 3.8) is 0 Å². The number of aromatic amines is 1. The van der Waals surface area contributed by atoms with Crippen molar-refractivity contribution in [2.24, 2.45) is 0 Å². The van der Waals surface area contributed by atoms with Crippen LogP contribution < -0.4 is 10.2 Å². The number of nitrogens with one attached hydrogen (secondary N) is 2. The summed E-state index contributed by atoms with van der Waals surface area (Å²) in [5, 5.41) is 3.20. The van der Waals surface area contributed by atoms with Gasteiger partial charge in [0.25, 0.3) is 0 Å². The first-order valence-corrected chi connectivity index (χ1v) is 10.8. The Morgan fingerprint density at radius 2 is 1.88 bits per heavy atom. The minimum Gasteiger partial charge on any atom is -0.378 e. The lowest BCUT2D eigenvalue weighted by Crippen LogP contribution is -2.37. The smallest absolute Gasteiger partial charge is 0.378 e. The van der Waals surface area contributed by atoms with Gasteiger partial charge in [-0.05, 0) is 30.2 Å². The minimum absolute atomic E-state index is 0.148. The Balaban J connectivity index is 1.50. The zero-order valence-corrected chi connectivity index (χ0v) is 18.0. The normalized spacial score (nSPS) is 14.5. The largest absolute Gasteiger partial charge is 0.449 e. The first-order chi connectivity index (χ1) is 16.5. The highest BCUT2D eigenvalue weighted by atomic mass is 19.4. The van der Waals surface area contributed by atoms with Crippen LogP contribution in [0.15, 0.2) is 42.7 Å². The third kappa shape index (κ3) is 4.76. The molecule has 5 rings (SSSR count). The monoisotopic (exact) mass is 470 g/mol. The van der Waals surface area contributed by atoms with Crippen LogP contribution >= 0.6 is 0 Å². The Kier molecular flexibility index (Phi) is 5.97. The van der Waals surface area contributed by atoms with Gasteiger partial charge in [0.2, 0.25) is 17.7 Å². The van der Waals surface area contributed by atoms with Crippen LogP contribution in [0.4, 0.5) is 25.1 Å².